The summed E-state index contributed by atoms with van der Waals surface area (Å²) >= 11 is 0. The molecule has 0 fully saturated rings. The lowest BCUT2D eigenvalue weighted by molar-refractivity contribution is 0.101. The molecule has 3 aromatic carbocycles. The second kappa shape index (κ2) is 3.84. The Hall–Kier alpha value is -2.35. The molecule has 0 saturated heterocycles. The molecule has 0 spiro atoms. The van der Waals surface area contributed by atoms with Gasteiger partial charge >= 0.3 is 0 Å². The van der Waals surface area contributed by atoms with Gasteiger partial charge in [-0.05, 0) is 23.8 Å². The van der Waals surface area contributed by atoms with Gasteiger partial charge < -0.3 is 5.11 Å². The van der Waals surface area contributed by atoms with Crippen molar-refractivity contribution >= 4 is 27.3 Å². The average Bonchev–Trinajstić information content (AvgIpc) is 2.38. The number of phenolic OH excluding ortho intramolecular Hbond substituents is 1. The van der Waals surface area contributed by atoms with Gasteiger partial charge in [-0.15, -0.1) is 0 Å². The van der Waals surface area contributed by atoms with Crippen molar-refractivity contribution in [2.45, 2.75) is 6.92 Å². The van der Waals surface area contributed by atoms with Crippen LogP contribution in [0.4, 0.5) is 0 Å². The maximum atomic E-state index is 11.6. The zero-order valence-corrected chi connectivity index (χ0v) is 9.97. The summed E-state index contributed by atoms with van der Waals surface area (Å²) in [6.45, 7) is 1.52. The van der Waals surface area contributed by atoms with Gasteiger partial charge in [-0.1, -0.05) is 42.5 Å². The molecule has 0 aliphatic carbocycles. The van der Waals surface area contributed by atoms with Crippen molar-refractivity contribution in [1.29, 1.82) is 0 Å². The van der Waals surface area contributed by atoms with Crippen LogP contribution in [0.1, 0.15) is 17.3 Å². The van der Waals surface area contributed by atoms with Crippen LogP contribution in [-0.2, 0) is 0 Å². The van der Waals surface area contributed by atoms with Crippen LogP contribution in [0, 0.1) is 0 Å². The molecule has 18 heavy (non-hydrogen) atoms. The van der Waals surface area contributed by atoms with Gasteiger partial charge in [0.25, 0.3) is 0 Å². The maximum absolute atomic E-state index is 11.6. The minimum absolute atomic E-state index is 0.0359. The summed E-state index contributed by atoms with van der Waals surface area (Å²) in [5.74, 6) is 0.153. The molecule has 0 radical (unpaired) electrons. The molecule has 0 aliphatic heterocycles. The van der Waals surface area contributed by atoms with Gasteiger partial charge in [0, 0.05) is 16.3 Å². The Labute approximate surface area is 104 Å². The number of Topliss-reactive ketones (excluding diaryl/α,β-unsaturated/α-hetero) is 1. The molecule has 0 atom stereocenters. The number of fused-ring (bicyclic) bond motifs is 2. The molecular weight excluding hydrogens is 224 g/mol. The summed E-state index contributed by atoms with van der Waals surface area (Å²) in [6.07, 6.45) is 0. The van der Waals surface area contributed by atoms with E-state index in [0.717, 1.165) is 16.2 Å². The molecule has 0 unspecified atom stereocenters. The van der Waals surface area contributed by atoms with Crippen molar-refractivity contribution in [3.05, 3.63) is 54.1 Å². The van der Waals surface area contributed by atoms with Crippen LogP contribution in [0.3, 0.4) is 0 Å². The number of hydrogen-bond donors (Lipinski definition) is 1. The highest BCUT2D eigenvalue weighted by Gasteiger charge is 2.12. The smallest absolute Gasteiger partial charge is 0.160 e. The normalized spacial score (nSPS) is 10.9. The number of hydrogen-bond acceptors (Lipinski definition) is 2. The Kier molecular flexibility index (Phi) is 2.30. The summed E-state index contributed by atoms with van der Waals surface area (Å²) in [7, 11) is 0. The average molecular weight is 236 g/mol. The Morgan fingerprint density at radius 2 is 1.72 bits per heavy atom. The molecule has 0 heterocycles. The number of carbonyl (C=O) groups is 1. The van der Waals surface area contributed by atoms with Crippen molar-refractivity contribution in [2.24, 2.45) is 0 Å². The number of rotatable bonds is 1. The third kappa shape index (κ3) is 1.46. The predicted octanol–water partition coefficient (Wildman–Crippen LogP) is 3.90. The van der Waals surface area contributed by atoms with Crippen molar-refractivity contribution < 1.29 is 9.90 Å². The zero-order chi connectivity index (χ0) is 12.7. The largest absolute Gasteiger partial charge is 0.507 e. The fourth-order valence-electron chi connectivity index (χ4n) is 2.39. The molecule has 0 aromatic heterocycles. The van der Waals surface area contributed by atoms with E-state index in [4.69, 9.17) is 0 Å². The van der Waals surface area contributed by atoms with Gasteiger partial charge in [0.05, 0.1) is 0 Å². The summed E-state index contributed by atoms with van der Waals surface area (Å²) in [4.78, 5) is 11.6. The second-order valence-electron chi connectivity index (χ2n) is 4.41. The van der Waals surface area contributed by atoms with Gasteiger partial charge in [0.15, 0.2) is 5.78 Å². The van der Waals surface area contributed by atoms with E-state index in [1.54, 1.807) is 6.07 Å². The van der Waals surface area contributed by atoms with Gasteiger partial charge in [-0.2, -0.15) is 0 Å². The van der Waals surface area contributed by atoms with Gasteiger partial charge in [-0.25, -0.2) is 0 Å². The molecule has 2 nitrogen and oxygen atoms in total. The van der Waals surface area contributed by atoms with E-state index in [2.05, 4.69) is 0 Å². The Bertz CT molecular complexity index is 772. The van der Waals surface area contributed by atoms with Crippen molar-refractivity contribution in [3.63, 3.8) is 0 Å². The van der Waals surface area contributed by atoms with Crippen LogP contribution in [0.25, 0.3) is 21.5 Å². The first-order chi connectivity index (χ1) is 8.68. The molecule has 3 aromatic rings. The highest BCUT2D eigenvalue weighted by Crippen LogP contribution is 2.35. The van der Waals surface area contributed by atoms with Gasteiger partial charge in [-0.3, -0.25) is 4.79 Å². The molecule has 0 amide bonds. The standard InChI is InChI=1S/C16H12O2/c1-10(17)13-8-4-6-12-9-11-5-2-3-7-14(11)16(18)15(12)13/h2-9,18H,1H3. The summed E-state index contributed by atoms with van der Waals surface area (Å²) in [5, 5.41) is 13.7. The number of ketones is 1. The fraction of sp³-hybridized carbons (Fsp3) is 0.0625. The minimum atomic E-state index is -0.0359. The van der Waals surface area contributed by atoms with Crippen LogP contribution in [0.2, 0.25) is 0 Å². The molecule has 1 N–H and O–H groups in total. The zero-order valence-electron chi connectivity index (χ0n) is 9.97. The van der Waals surface area contributed by atoms with E-state index in [0.29, 0.717) is 10.9 Å². The van der Waals surface area contributed by atoms with Crippen LogP contribution >= 0.6 is 0 Å². The van der Waals surface area contributed by atoms with Crippen LogP contribution < -0.4 is 0 Å². The molecule has 0 bridgehead atoms. The van der Waals surface area contributed by atoms with E-state index >= 15 is 0 Å². The Morgan fingerprint density at radius 1 is 1.00 bits per heavy atom. The third-order valence-electron chi connectivity index (χ3n) is 3.24. The minimum Gasteiger partial charge on any atom is -0.507 e. The number of carbonyl (C=O) groups excluding carboxylic acids is 1. The lowest BCUT2D eigenvalue weighted by Crippen LogP contribution is -1.94. The quantitative estimate of drug-likeness (QED) is 0.514. The lowest BCUT2D eigenvalue weighted by atomic mass is 9.97. The third-order valence-corrected chi connectivity index (χ3v) is 3.24. The maximum Gasteiger partial charge on any atom is 0.160 e. The first kappa shape index (κ1) is 10.8. The van der Waals surface area contributed by atoms with Crippen molar-refractivity contribution in [3.8, 4) is 5.75 Å². The highest BCUT2D eigenvalue weighted by atomic mass is 16.3. The van der Waals surface area contributed by atoms with Crippen molar-refractivity contribution in [2.75, 3.05) is 0 Å². The van der Waals surface area contributed by atoms with Gasteiger partial charge in [0.1, 0.15) is 5.75 Å². The van der Waals surface area contributed by atoms with Crippen LogP contribution in [0.5, 0.6) is 5.75 Å². The second-order valence-corrected chi connectivity index (χ2v) is 4.41. The molecule has 88 valence electrons. The van der Waals surface area contributed by atoms with E-state index in [1.807, 2.05) is 42.5 Å². The SMILES string of the molecule is CC(=O)c1cccc2cc3ccccc3c(O)c12. The molecular formula is C16H12O2. The molecule has 0 saturated carbocycles. The van der Waals surface area contributed by atoms with E-state index in [1.165, 1.54) is 6.92 Å². The van der Waals surface area contributed by atoms with E-state index < -0.39 is 0 Å². The monoisotopic (exact) mass is 236 g/mol. The Balaban J connectivity index is 2.57. The first-order valence-corrected chi connectivity index (χ1v) is 5.83. The summed E-state index contributed by atoms with van der Waals surface area (Å²) in [5.41, 5.74) is 0.566. The summed E-state index contributed by atoms with van der Waals surface area (Å²) in [6, 6.07) is 15.1. The number of aromatic hydroxyl groups is 1. The molecule has 2 heteroatoms. The van der Waals surface area contributed by atoms with Crippen molar-refractivity contribution in [1.82, 2.24) is 0 Å². The van der Waals surface area contributed by atoms with E-state index in [-0.39, 0.29) is 11.5 Å². The van der Waals surface area contributed by atoms with Crippen LogP contribution in [0.15, 0.2) is 48.5 Å². The predicted molar refractivity (Wildman–Crippen MR) is 73.1 cm³/mol. The topological polar surface area (TPSA) is 37.3 Å². The summed E-state index contributed by atoms with van der Waals surface area (Å²) < 4.78 is 0. The fourth-order valence-corrected chi connectivity index (χ4v) is 2.39. The number of phenols is 1. The van der Waals surface area contributed by atoms with E-state index in [9.17, 15) is 9.90 Å². The molecule has 3 rings (SSSR count). The number of benzene rings is 3. The van der Waals surface area contributed by atoms with Crippen LogP contribution in [-0.4, -0.2) is 10.9 Å². The van der Waals surface area contributed by atoms with Gasteiger partial charge in [0.2, 0.25) is 0 Å². The Morgan fingerprint density at radius 3 is 2.50 bits per heavy atom. The molecule has 0 aliphatic rings. The highest BCUT2D eigenvalue weighted by molar-refractivity contribution is 6.14. The first-order valence-electron chi connectivity index (χ1n) is 5.83. The lowest BCUT2D eigenvalue weighted by Gasteiger charge is -2.09.